The largest absolute Gasteiger partial charge is 0.357 e. The van der Waals surface area contributed by atoms with Gasteiger partial charge in [-0.25, -0.2) is 15.0 Å². The molecule has 2 heterocycles. The van der Waals surface area contributed by atoms with Crippen LogP contribution in [0, 0.1) is 6.92 Å². The lowest BCUT2D eigenvalue weighted by Crippen LogP contribution is -2.45. The molecule has 0 saturated heterocycles. The van der Waals surface area contributed by atoms with Crippen molar-refractivity contribution in [3.63, 3.8) is 0 Å². The number of hydrogen-bond acceptors (Lipinski definition) is 3. The van der Waals surface area contributed by atoms with Crippen molar-refractivity contribution in [2.75, 3.05) is 6.54 Å². The van der Waals surface area contributed by atoms with Gasteiger partial charge in [-0.15, -0.1) is 0 Å². The summed E-state index contributed by atoms with van der Waals surface area (Å²) in [4.78, 5) is 13.7. The van der Waals surface area contributed by atoms with Crippen LogP contribution in [0.1, 0.15) is 35.9 Å². The number of nitrogens with zero attached hydrogens (tertiary/aromatic N) is 4. The standard InChI is InChI=1S/C23H28N6/c1-3-24-23(28-21-11-10-18-7-4-5-8-19(18)15-21)27-16-20-9-6-12-26-22(20)29-14-13-25-17(29)2/h4-9,12-14,21H,3,10-11,15-16H2,1-2H3,(H2,24,27,28). The van der Waals surface area contributed by atoms with Crippen LogP contribution in [0.25, 0.3) is 5.82 Å². The van der Waals surface area contributed by atoms with E-state index in [0.717, 1.165) is 49.0 Å². The molecule has 6 heteroatoms. The van der Waals surface area contributed by atoms with E-state index in [9.17, 15) is 0 Å². The Balaban J connectivity index is 1.50. The van der Waals surface area contributed by atoms with Gasteiger partial charge in [-0.05, 0) is 50.3 Å². The summed E-state index contributed by atoms with van der Waals surface area (Å²) >= 11 is 0. The SMILES string of the molecule is CCNC(=NCc1cccnc1-n1ccnc1C)NC1CCc2ccccc2C1. The number of aliphatic imine (C=N–C) groups is 1. The smallest absolute Gasteiger partial charge is 0.191 e. The maximum Gasteiger partial charge on any atom is 0.191 e. The zero-order chi connectivity index (χ0) is 20.1. The van der Waals surface area contributed by atoms with Gasteiger partial charge in [-0.3, -0.25) is 4.57 Å². The first-order valence-corrected chi connectivity index (χ1v) is 10.3. The van der Waals surface area contributed by atoms with Crippen LogP contribution >= 0.6 is 0 Å². The number of hydrogen-bond donors (Lipinski definition) is 2. The third kappa shape index (κ3) is 4.47. The lowest BCUT2D eigenvalue weighted by Gasteiger charge is -2.27. The molecule has 0 radical (unpaired) electrons. The van der Waals surface area contributed by atoms with Crippen LogP contribution in [-0.4, -0.2) is 33.1 Å². The Morgan fingerprint density at radius 2 is 2.00 bits per heavy atom. The molecule has 1 atom stereocenters. The predicted octanol–water partition coefficient (Wildman–Crippen LogP) is 3.19. The molecule has 2 N–H and O–H groups in total. The zero-order valence-electron chi connectivity index (χ0n) is 17.1. The first-order chi connectivity index (χ1) is 14.2. The van der Waals surface area contributed by atoms with Crippen LogP contribution in [0.5, 0.6) is 0 Å². The van der Waals surface area contributed by atoms with Crippen LogP contribution in [0.2, 0.25) is 0 Å². The molecule has 0 fully saturated rings. The summed E-state index contributed by atoms with van der Waals surface area (Å²) in [5.74, 6) is 2.66. The molecule has 0 bridgehead atoms. The highest BCUT2D eigenvalue weighted by Gasteiger charge is 2.19. The summed E-state index contributed by atoms with van der Waals surface area (Å²) in [6.07, 6.45) is 8.81. The highest BCUT2D eigenvalue weighted by atomic mass is 15.2. The normalized spacial score (nSPS) is 16.3. The fourth-order valence-corrected chi connectivity index (χ4v) is 3.87. The van der Waals surface area contributed by atoms with Crippen molar-refractivity contribution in [2.45, 2.75) is 45.7 Å². The average Bonchev–Trinajstić information content (AvgIpc) is 3.18. The van der Waals surface area contributed by atoms with E-state index in [1.54, 1.807) is 6.20 Å². The molecule has 1 aliphatic carbocycles. The molecule has 2 aromatic heterocycles. The quantitative estimate of drug-likeness (QED) is 0.520. The minimum atomic E-state index is 0.395. The summed E-state index contributed by atoms with van der Waals surface area (Å²) < 4.78 is 2.00. The van der Waals surface area contributed by atoms with Gasteiger partial charge < -0.3 is 10.6 Å². The van der Waals surface area contributed by atoms with Crippen molar-refractivity contribution in [2.24, 2.45) is 4.99 Å². The highest BCUT2D eigenvalue weighted by molar-refractivity contribution is 5.80. The van der Waals surface area contributed by atoms with Crippen LogP contribution in [0.4, 0.5) is 0 Å². The zero-order valence-corrected chi connectivity index (χ0v) is 17.1. The molecule has 29 heavy (non-hydrogen) atoms. The second-order valence-corrected chi connectivity index (χ2v) is 7.38. The van der Waals surface area contributed by atoms with Crippen molar-refractivity contribution < 1.29 is 0 Å². The number of rotatable bonds is 5. The van der Waals surface area contributed by atoms with Gasteiger partial charge in [0.05, 0.1) is 6.54 Å². The number of fused-ring (bicyclic) bond motifs is 1. The van der Waals surface area contributed by atoms with Crippen molar-refractivity contribution in [1.82, 2.24) is 25.2 Å². The molecular weight excluding hydrogens is 360 g/mol. The summed E-state index contributed by atoms with van der Waals surface area (Å²) in [7, 11) is 0. The van der Waals surface area contributed by atoms with E-state index in [1.807, 2.05) is 30.0 Å². The molecule has 1 aromatic carbocycles. The third-order valence-electron chi connectivity index (χ3n) is 5.36. The maximum atomic E-state index is 4.85. The Hall–Kier alpha value is -3.15. The average molecular weight is 389 g/mol. The molecule has 0 amide bonds. The van der Waals surface area contributed by atoms with E-state index < -0.39 is 0 Å². The van der Waals surface area contributed by atoms with Gasteiger partial charge in [0.2, 0.25) is 0 Å². The minimum absolute atomic E-state index is 0.395. The fourth-order valence-electron chi connectivity index (χ4n) is 3.87. The monoisotopic (exact) mass is 388 g/mol. The van der Waals surface area contributed by atoms with Gasteiger partial charge in [0.25, 0.3) is 0 Å². The van der Waals surface area contributed by atoms with E-state index in [-0.39, 0.29) is 0 Å². The second-order valence-electron chi connectivity index (χ2n) is 7.38. The Kier molecular flexibility index (Phi) is 5.89. The number of nitrogens with one attached hydrogen (secondary N) is 2. The summed E-state index contributed by atoms with van der Waals surface area (Å²) in [6.45, 7) is 5.46. The minimum Gasteiger partial charge on any atom is -0.357 e. The number of aryl methyl sites for hydroxylation is 2. The van der Waals surface area contributed by atoms with Gasteiger partial charge in [-0.1, -0.05) is 30.3 Å². The Morgan fingerprint density at radius 1 is 1.14 bits per heavy atom. The van der Waals surface area contributed by atoms with E-state index in [0.29, 0.717) is 12.6 Å². The van der Waals surface area contributed by atoms with E-state index in [4.69, 9.17) is 4.99 Å². The van der Waals surface area contributed by atoms with Gasteiger partial charge in [0.1, 0.15) is 11.6 Å². The van der Waals surface area contributed by atoms with E-state index in [2.05, 4.69) is 57.9 Å². The van der Waals surface area contributed by atoms with Crippen LogP contribution in [0.3, 0.4) is 0 Å². The molecule has 1 unspecified atom stereocenters. The molecule has 150 valence electrons. The molecule has 0 spiro atoms. The van der Waals surface area contributed by atoms with Gasteiger partial charge in [-0.2, -0.15) is 0 Å². The van der Waals surface area contributed by atoms with Crippen molar-refractivity contribution in [3.05, 3.63) is 77.5 Å². The van der Waals surface area contributed by atoms with E-state index in [1.165, 1.54) is 11.1 Å². The Labute approximate surface area is 172 Å². The van der Waals surface area contributed by atoms with Gasteiger partial charge >= 0.3 is 0 Å². The summed E-state index contributed by atoms with van der Waals surface area (Å²) in [5, 5.41) is 7.02. The maximum absolute atomic E-state index is 4.85. The topological polar surface area (TPSA) is 67.1 Å². The molecule has 1 aliphatic rings. The predicted molar refractivity (Wildman–Crippen MR) is 116 cm³/mol. The molecule has 3 aromatic rings. The Morgan fingerprint density at radius 3 is 2.79 bits per heavy atom. The third-order valence-corrected chi connectivity index (χ3v) is 5.36. The summed E-state index contributed by atoms with van der Waals surface area (Å²) in [5.41, 5.74) is 3.99. The van der Waals surface area contributed by atoms with Crippen molar-refractivity contribution >= 4 is 5.96 Å². The lowest BCUT2D eigenvalue weighted by atomic mass is 9.88. The number of imidazole rings is 1. The number of benzene rings is 1. The van der Waals surface area contributed by atoms with E-state index >= 15 is 0 Å². The van der Waals surface area contributed by atoms with Crippen molar-refractivity contribution in [3.8, 4) is 5.82 Å². The number of pyridine rings is 1. The molecule has 4 rings (SSSR count). The highest BCUT2D eigenvalue weighted by Crippen LogP contribution is 2.21. The first kappa shape index (κ1) is 19.2. The van der Waals surface area contributed by atoms with Crippen LogP contribution in [0.15, 0.2) is 60.0 Å². The second kappa shape index (κ2) is 8.90. The van der Waals surface area contributed by atoms with Gasteiger partial charge in [0.15, 0.2) is 5.96 Å². The van der Waals surface area contributed by atoms with Crippen LogP contribution in [-0.2, 0) is 19.4 Å². The number of guanidine groups is 1. The Bertz CT molecular complexity index is 990. The molecular formula is C23H28N6. The molecule has 6 nitrogen and oxygen atoms in total. The fraction of sp³-hybridized carbons (Fsp3) is 0.348. The molecule has 0 aliphatic heterocycles. The lowest BCUT2D eigenvalue weighted by molar-refractivity contribution is 0.520. The molecule has 0 saturated carbocycles. The summed E-state index contributed by atoms with van der Waals surface area (Å²) in [6, 6.07) is 13.2. The van der Waals surface area contributed by atoms with Crippen molar-refractivity contribution in [1.29, 1.82) is 0 Å². The van der Waals surface area contributed by atoms with Gasteiger partial charge in [0, 0.05) is 36.7 Å². The van der Waals surface area contributed by atoms with Crippen LogP contribution < -0.4 is 10.6 Å². The first-order valence-electron chi connectivity index (χ1n) is 10.3. The number of aromatic nitrogens is 3.